The number of hydrogen-bond donors (Lipinski definition) is 2. The fraction of sp³-hybridized carbons (Fsp3) is 0.700. The lowest BCUT2D eigenvalue weighted by Gasteiger charge is -2.11. The number of nitrogens with one attached hydrogen (secondary N) is 1. The lowest BCUT2D eigenvalue weighted by molar-refractivity contribution is 0.412. The summed E-state index contributed by atoms with van der Waals surface area (Å²) in [6.45, 7) is 4.73. The van der Waals surface area contributed by atoms with Crippen LogP contribution < -0.4 is 10.5 Å². The second-order valence-electron chi connectivity index (χ2n) is 4.63. The molecule has 0 aliphatic carbocycles. The molecule has 1 rings (SSSR count). The number of sulfonamides is 1. The van der Waals surface area contributed by atoms with Crippen LogP contribution in [0.2, 0.25) is 0 Å². The summed E-state index contributed by atoms with van der Waals surface area (Å²) >= 11 is 0. The normalized spacial score (nSPS) is 12.6. The number of aromatic nitrogens is 2. The van der Waals surface area contributed by atoms with Crippen LogP contribution in [-0.2, 0) is 10.0 Å². The van der Waals surface area contributed by atoms with Crippen LogP contribution in [0, 0.1) is 0 Å². The topological polar surface area (TPSA) is 93.2 Å². The molecule has 0 atom stereocenters. The van der Waals surface area contributed by atoms with Gasteiger partial charge in [0.05, 0.1) is 6.20 Å². The highest BCUT2D eigenvalue weighted by Crippen LogP contribution is 2.20. The van der Waals surface area contributed by atoms with Gasteiger partial charge in [-0.3, -0.25) is 0 Å². The van der Waals surface area contributed by atoms with Crippen molar-refractivity contribution in [1.82, 2.24) is 19.4 Å². The van der Waals surface area contributed by atoms with Crippen LogP contribution in [0.4, 0.5) is 5.82 Å². The van der Waals surface area contributed by atoms with E-state index in [0.717, 1.165) is 0 Å². The van der Waals surface area contributed by atoms with Crippen LogP contribution in [0.1, 0.15) is 19.9 Å². The van der Waals surface area contributed by atoms with E-state index in [9.17, 15) is 8.42 Å². The van der Waals surface area contributed by atoms with Crippen LogP contribution in [0.25, 0.3) is 0 Å². The average Bonchev–Trinajstić information content (AvgIpc) is 2.59. The molecule has 104 valence electrons. The monoisotopic (exact) mass is 275 g/mol. The summed E-state index contributed by atoms with van der Waals surface area (Å²) in [5.74, 6) is 0.169. The highest BCUT2D eigenvalue weighted by atomic mass is 32.2. The van der Waals surface area contributed by atoms with E-state index in [1.54, 1.807) is 0 Å². The van der Waals surface area contributed by atoms with Gasteiger partial charge < -0.3 is 10.6 Å². The lowest BCUT2D eigenvalue weighted by atomic mass is 10.4. The Balaban J connectivity index is 2.86. The van der Waals surface area contributed by atoms with E-state index >= 15 is 0 Å². The summed E-state index contributed by atoms with van der Waals surface area (Å²) in [7, 11) is 0.165. The molecule has 0 spiro atoms. The first-order chi connectivity index (χ1) is 8.25. The Hall–Kier alpha value is -1.12. The van der Waals surface area contributed by atoms with E-state index in [1.807, 2.05) is 32.8 Å². The summed E-state index contributed by atoms with van der Waals surface area (Å²) in [4.78, 5) is 1.93. The standard InChI is InChI=1S/C10H21N5O2S/c1-8(2)15-10(11)9(7-12-15)18(16,17)13-5-6-14(3)4/h7-8,13H,5-6,11H2,1-4H3. The third kappa shape index (κ3) is 3.44. The molecule has 0 bridgehead atoms. The van der Waals surface area contributed by atoms with E-state index < -0.39 is 10.0 Å². The maximum absolute atomic E-state index is 12.0. The molecule has 1 aromatic heterocycles. The molecule has 0 aliphatic rings. The fourth-order valence-electron chi connectivity index (χ4n) is 1.46. The Morgan fingerprint density at radius 1 is 1.50 bits per heavy atom. The Morgan fingerprint density at radius 3 is 2.56 bits per heavy atom. The van der Waals surface area contributed by atoms with Crippen LogP contribution >= 0.6 is 0 Å². The number of hydrogen-bond acceptors (Lipinski definition) is 5. The maximum atomic E-state index is 12.0. The van der Waals surface area contributed by atoms with Crippen LogP contribution in [0.15, 0.2) is 11.1 Å². The summed E-state index contributed by atoms with van der Waals surface area (Å²) in [5, 5.41) is 3.99. The number of anilines is 1. The first-order valence-corrected chi connectivity index (χ1v) is 7.21. The molecule has 0 radical (unpaired) electrons. The minimum atomic E-state index is -3.58. The predicted octanol–water partition coefficient (Wildman–Crippen LogP) is -0.114. The number of nitrogen functional groups attached to an aromatic ring is 1. The molecule has 1 aromatic rings. The minimum absolute atomic E-state index is 0.0238. The van der Waals surface area contributed by atoms with Gasteiger partial charge in [-0.1, -0.05) is 0 Å². The molecule has 1 heterocycles. The summed E-state index contributed by atoms with van der Waals surface area (Å²) in [6, 6.07) is 0.0238. The van der Waals surface area contributed by atoms with Gasteiger partial charge in [-0.25, -0.2) is 17.8 Å². The van der Waals surface area contributed by atoms with E-state index in [-0.39, 0.29) is 16.8 Å². The van der Waals surface area contributed by atoms with Crippen LogP contribution in [0.5, 0.6) is 0 Å². The average molecular weight is 275 g/mol. The Kier molecular flexibility index (Phi) is 4.71. The Bertz CT molecular complexity index is 492. The summed E-state index contributed by atoms with van der Waals surface area (Å²) in [6.07, 6.45) is 1.29. The molecular formula is C10H21N5O2S. The van der Waals surface area contributed by atoms with Gasteiger partial charge in [0.15, 0.2) is 0 Å². The van der Waals surface area contributed by atoms with Crippen molar-refractivity contribution < 1.29 is 8.42 Å². The van der Waals surface area contributed by atoms with Gasteiger partial charge in [-0.15, -0.1) is 0 Å². The number of nitrogens with two attached hydrogens (primary N) is 1. The first kappa shape index (κ1) is 14.9. The molecule has 0 saturated heterocycles. The summed E-state index contributed by atoms with van der Waals surface area (Å²) in [5.41, 5.74) is 5.79. The number of nitrogens with zero attached hydrogens (tertiary/aromatic N) is 3. The SMILES string of the molecule is CC(C)n1ncc(S(=O)(=O)NCCN(C)C)c1N. The quantitative estimate of drug-likeness (QED) is 0.755. The third-order valence-electron chi connectivity index (χ3n) is 2.43. The van der Waals surface area contributed by atoms with Gasteiger partial charge in [0, 0.05) is 19.1 Å². The molecule has 0 amide bonds. The molecule has 8 heteroatoms. The van der Waals surface area contributed by atoms with E-state index in [4.69, 9.17) is 5.73 Å². The zero-order chi connectivity index (χ0) is 13.9. The first-order valence-electron chi connectivity index (χ1n) is 5.73. The lowest BCUT2D eigenvalue weighted by Crippen LogP contribution is -2.31. The largest absolute Gasteiger partial charge is 0.383 e. The van der Waals surface area contributed by atoms with Crippen molar-refractivity contribution in [3.05, 3.63) is 6.20 Å². The van der Waals surface area contributed by atoms with Crippen molar-refractivity contribution in [2.75, 3.05) is 32.9 Å². The molecule has 0 aliphatic heterocycles. The van der Waals surface area contributed by atoms with Crippen molar-refractivity contribution in [3.8, 4) is 0 Å². The smallest absolute Gasteiger partial charge is 0.245 e. The van der Waals surface area contributed by atoms with Crippen molar-refractivity contribution >= 4 is 15.8 Å². The molecule has 0 saturated carbocycles. The zero-order valence-corrected chi connectivity index (χ0v) is 12.0. The molecule has 7 nitrogen and oxygen atoms in total. The second kappa shape index (κ2) is 5.68. The van der Waals surface area contributed by atoms with Gasteiger partial charge in [0.2, 0.25) is 10.0 Å². The van der Waals surface area contributed by atoms with Crippen molar-refractivity contribution in [2.24, 2.45) is 0 Å². The van der Waals surface area contributed by atoms with Gasteiger partial charge in [-0.2, -0.15) is 5.10 Å². The van der Waals surface area contributed by atoms with Crippen molar-refractivity contribution in [3.63, 3.8) is 0 Å². The Labute approximate surface area is 108 Å². The van der Waals surface area contributed by atoms with Crippen molar-refractivity contribution in [2.45, 2.75) is 24.8 Å². The zero-order valence-electron chi connectivity index (χ0n) is 11.2. The number of likely N-dealkylation sites (N-methyl/N-ethyl adjacent to an activating group) is 1. The Morgan fingerprint density at radius 2 is 2.11 bits per heavy atom. The maximum Gasteiger partial charge on any atom is 0.245 e. The fourth-order valence-corrected chi connectivity index (χ4v) is 2.53. The highest BCUT2D eigenvalue weighted by molar-refractivity contribution is 7.89. The number of rotatable bonds is 6. The minimum Gasteiger partial charge on any atom is -0.383 e. The summed E-state index contributed by atoms with van der Waals surface area (Å²) < 4.78 is 28.0. The van der Waals surface area contributed by atoms with E-state index in [0.29, 0.717) is 13.1 Å². The van der Waals surface area contributed by atoms with E-state index in [1.165, 1.54) is 10.9 Å². The highest BCUT2D eigenvalue weighted by Gasteiger charge is 2.22. The molecule has 3 N–H and O–H groups in total. The van der Waals surface area contributed by atoms with Gasteiger partial charge >= 0.3 is 0 Å². The van der Waals surface area contributed by atoms with Crippen LogP contribution in [-0.4, -0.2) is 50.3 Å². The second-order valence-corrected chi connectivity index (χ2v) is 6.37. The molecule has 0 fully saturated rings. The molecule has 0 unspecified atom stereocenters. The van der Waals surface area contributed by atoms with Gasteiger partial charge in [0.1, 0.15) is 10.7 Å². The third-order valence-corrected chi connectivity index (χ3v) is 3.91. The molecule has 18 heavy (non-hydrogen) atoms. The predicted molar refractivity (Wildman–Crippen MR) is 70.8 cm³/mol. The molecule has 0 aromatic carbocycles. The molecular weight excluding hydrogens is 254 g/mol. The van der Waals surface area contributed by atoms with Crippen LogP contribution in [0.3, 0.4) is 0 Å². The van der Waals surface area contributed by atoms with E-state index in [2.05, 4.69) is 9.82 Å². The van der Waals surface area contributed by atoms with Gasteiger partial charge in [0.25, 0.3) is 0 Å². The van der Waals surface area contributed by atoms with Crippen molar-refractivity contribution in [1.29, 1.82) is 0 Å². The van der Waals surface area contributed by atoms with Gasteiger partial charge in [-0.05, 0) is 27.9 Å².